The average molecular weight is 322 g/mol. The Bertz CT molecular complexity index is 721. The van der Waals surface area contributed by atoms with E-state index in [0.717, 1.165) is 10.6 Å². The number of hydrogen-bond donors (Lipinski definition) is 0. The molecule has 0 radical (unpaired) electrons. The van der Waals surface area contributed by atoms with Crippen LogP contribution < -0.4 is 14.5 Å². The highest BCUT2D eigenvalue weighted by Crippen LogP contribution is 2.13. The van der Waals surface area contributed by atoms with Crippen LogP contribution in [0, 0.1) is 13.8 Å². The van der Waals surface area contributed by atoms with Crippen LogP contribution in [-0.4, -0.2) is 34.6 Å². The molecule has 118 valence electrons. The van der Waals surface area contributed by atoms with Gasteiger partial charge in [-0.3, -0.25) is 14.5 Å². The molecule has 2 heterocycles. The zero-order valence-corrected chi connectivity index (χ0v) is 13.8. The summed E-state index contributed by atoms with van der Waals surface area (Å²) in [6.45, 7) is 4.14. The van der Waals surface area contributed by atoms with Crippen LogP contribution in [0.4, 0.5) is 5.95 Å². The molecule has 0 aliphatic heterocycles. The minimum atomic E-state index is -0.152. The minimum absolute atomic E-state index is 0.0360. The summed E-state index contributed by atoms with van der Waals surface area (Å²) >= 11 is 1.20. The molecule has 2 aromatic rings. The van der Waals surface area contributed by atoms with Gasteiger partial charge in [-0.1, -0.05) is 11.3 Å². The summed E-state index contributed by atoms with van der Waals surface area (Å²) in [5.74, 6) is 0.678. The average Bonchev–Trinajstić information content (AvgIpc) is 2.77. The maximum atomic E-state index is 12.2. The molecule has 0 aliphatic carbocycles. The number of aromatic nitrogens is 3. The number of methoxy groups -OCH3 is 1. The highest BCUT2D eigenvalue weighted by atomic mass is 32.1. The minimum Gasteiger partial charge on any atom is -0.494 e. The summed E-state index contributed by atoms with van der Waals surface area (Å²) in [5.41, 5.74) is 0.908. The van der Waals surface area contributed by atoms with Crippen molar-refractivity contribution in [1.82, 2.24) is 14.5 Å². The number of anilines is 1. The molecule has 0 aliphatic rings. The van der Waals surface area contributed by atoms with Gasteiger partial charge >= 0.3 is 4.87 Å². The van der Waals surface area contributed by atoms with Crippen LogP contribution in [0.25, 0.3) is 0 Å². The van der Waals surface area contributed by atoms with E-state index in [1.54, 1.807) is 11.6 Å². The Hall–Kier alpha value is -2.22. The van der Waals surface area contributed by atoms with Crippen LogP contribution in [0.2, 0.25) is 0 Å². The molecular weight excluding hydrogens is 304 g/mol. The van der Waals surface area contributed by atoms with E-state index in [0.29, 0.717) is 18.2 Å². The molecule has 0 atom stereocenters. The van der Waals surface area contributed by atoms with Gasteiger partial charge in [-0.25, -0.2) is 9.97 Å². The van der Waals surface area contributed by atoms with E-state index in [-0.39, 0.29) is 17.2 Å². The van der Waals surface area contributed by atoms with Crippen molar-refractivity contribution >= 4 is 23.2 Å². The van der Waals surface area contributed by atoms with Gasteiger partial charge in [0, 0.05) is 30.6 Å². The maximum absolute atomic E-state index is 12.2. The summed E-state index contributed by atoms with van der Waals surface area (Å²) in [6.07, 6.45) is 3.22. The largest absolute Gasteiger partial charge is 0.494 e. The van der Waals surface area contributed by atoms with Gasteiger partial charge in [0.2, 0.25) is 11.9 Å². The van der Waals surface area contributed by atoms with Crippen LogP contribution in [0.15, 0.2) is 17.2 Å². The van der Waals surface area contributed by atoms with Crippen molar-refractivity contribution in [3.63, 3.8) is 0 Å². The molecule has 0 unspecified atom stereocenters. The smallest absolute Gasteiger partial charge is 0.307 e. The molecule has 2 aromatic heterocycles. The number of rotatable bonds is 5. The van der Waals surface area contributed by atoms with Crippen LogP contribution >= 0.6 is 11.3 Å². The SMILES string of the molecule is COc1cnc(N(C)C(=O)CCn2c(C)c(C)sc2=O)nc1. The lowest BCUT2D eigenvalue weighted by Gasteiger charge is -2.15. The van der Waals surface area contributed by atoms with Crippen molar-refractivity contribution in [2.75, 3.05) is 19.1 Å². The number of amides is 1. The van der Waals surface area contributed by atoms with Gasteiger partial charge in [-0.15, -0.1) is 0 Å². The molecule has 2 rings (SSSR count). The molecule has 0 saturated heterocycles. The van der Waals surface area contributed by atoms with Crippen LogP contribution in [0.1, 0.15) is 17.0 Å². The van der Waals surface area contributed by atoms with E-state index in [9.17, 15) is 9.59 Å². The van der Waals surface area contributed by atoms with Crippen LogP contribution in [-0.2, 0) is 11.3 Å². The molecule has 0 aromatic carbocycles. The molecule has 0 N–H and O–H groups in total. The Morgan fingerprint density at radius 3 is 2.50 bits per heavy atom. The van der Waals surface area contributed by atoms with E-state index < -0.39 is 0 Å². The number of ether oxygens (including phenoxy) is 1. The van der Waals surface area contributed by atoms with Crippen LogP contribution in [0.3, 0.4) is 0 Å². The molecule has 0 fully saturated rings. The van der Waals surface area contributed by atoms with E-state index in [1.807, 2.05) is 13.8 Å². The van der Waals surface area contributed by atoms with Gasteiger partial charge in [0.15, 0.2) is 5.75 Å². The summed E-state index contributed by atoms with van der Waals surface area (Å²) in [6, 6.07) is 0. The number of aryl methyl sites for hydroxylation is 1. The summed E-state index contributed by atoms with van der Waals surface area (Å²) < 4.78 is 6.60. The highest BCUT2D eigenvalue weighted by Gasteiger charge is 2.15. The van der Waals surface area contributed by atoms with Crippen molar-refractivity contribution in [3.8, 4) is 5.75 Å². The molecule has 0 spiro atoms. The molecular formula is C14H18N4O3S. The lowest BCUT2D eigenvalue weighted by Crippen LogP contribution is -2.30. The van der Waals surface area contributed by atoms with Crippen LogP contribution in [0.5, 0.6) is 5.75 Å². The zero-order chi connectivity index (χ0) is 16.3. The van der Waals surface area contributed by atoms with Gasteiger partial charge in [0.25, 0.3) is 0 Å². The Morgan fingerprint density at radius 2 is 2.00 bits per heavy atom. The van der Waals surface area contributed by atoms with Crippen molar-refractivity contribution < 1.29 is 9.53 Å². The number of nitrogens with zero attached hydrogens (tertiary/aromatic N) is 4. The van der Waals surface area contributed by atoms with Crippen molar-refractivity contribution in [2.24, 2.45) is 0 Å². The highest BCUT2D eigenvalue weighted by molar-refractivity contribution is 7.09. The first-order valence-corrected chi connectivity index (χ1v) is 7.55. The quantitative estimate of drug-likeness (QED) is 0.831. The van der Waals surface area contributed by atoms with Gasteiger partial charge in [-0.05, 0) is 13.8 Å². The number of carbonyl (C=O) groups is 1. The molecule has 8 heteroatoms. The first-order valence-electron chi connectivity index (χ1n) is 6.73. The van der Waals surface area contributed by atoms with Gasteiger partial charge < -0.3 is 9.30 Å². The van der Waals surface area contributed by atoms with Gasteiger partial charge in [0.1, 0.15) is 0 Å². The third kappa shape index (κ3) is 3.33. The Labute approximate surface area is 132 Å². The molecule has 7 nitrogen and oxygen atoms in total. The lowest BCUT2D eigenvalue weighted by atomic mass is 10.3. The zero-order valence-electron chi connectivity index (χ0n) is 13.0. The maximum Gasteiger partial charge on any atom is 0.307 e. The lowest BCUT2D eigenvalue weighted by molar-refractivity contribution is -0.118. The molecule has 1 amide bonds. The summed E-state index contributed by atoms with van der Waals surface area (Å²) in [5, 5.41) is 0. The van der Waals surface area contributed by atoms with E-state index in [2.05, 4.69) is 9.97 Å². The van der Waals surface area contributed by atoms with Gasteiger partial charge in [-0.2, -0.15) is 0 Å². The normalized spacial score (nSPS) is 10.5. The van der Waals surface area contributed by atoms with E-state index in [1.165, 1.54) is 35.7 Å². The van der Waals surface area contributed by atoms with Gasteiger partial charge in [0.05, 0.1) is 19.5 Å². The summed E-state index contributed by atoms with van der Waals surface area (Å²) in [7, 11) is 3.13. The fourth-order valence-electron chi connectivity index (χ4n) is 1.92. The topological polar surface area (TPSA) is 77.3 Å². The predicted molar refractivity (Wildman–Crippen MR) is 84.7 cm³/mol. The standard InChI is InChI=1S/C14H18N4O3S/c1-9-10(2)22-14(20)18(9)6-5-12(19)17(3)13-15-7-11(21-4)8-16-13/h7-8H,5-6H2,1-4H3. The van der Waals surface area contributed by atoms with E-state index >= 15 is 0 Å². The predicted octanol–water partition coefficient (Wildman–Crippen LogP) is 1.38. The van der Waals surface area contributed by atoms with E-state index in [4.69, 9.17) is 4.74 Å². The third-order valence-corrected chi connectivity index (χ3v) is 4.45. The summed E-state index contributed by atoms with van der Waals surface area (Å²) in [4.78, 5) is 34.5. The number of carbonyl (C=O) groups excluding carboxylic acids is 1. The van der Waals surface area contributed by atoms with Crippen molar-refractivity contribution in [2.45, 2.75) is 26.8 Å². The Balaban J connectivity index is 2.03. The second-order valence-electron chi connectivity index (χ2n) is 4.79. The first-order chi connectivity index (χ1) is 10.4. The molecule has 0 saturated carbocycles. The first kappa shape index (κ1) is 16.2. The Kier molecular flexibility index (Phi) is 4.92. The number of thiazole rings is 1. The second-order valence-corrected chi connectivity index (χ2v) is 5.95. The van der Waals surface area contributed by atoms with Crippen molar-refractivity contribution in [3.05, 3.63) is 32.6 Å². The molecule has 0 bridgehead atoms. The fraction of sp³-hybridized carbons (Fsp3) is 0.429. The second kappa shape index (κ2) is 6.69. The molecule has 22 heavy (non-hydrogen) atoms. The Morgan fingerprint density at radius 1 is 1.36 bits per heavy atom. The monoisotopic (exact) mass is 322 g/mol. The fourth-order valence-corrected chi connectivity index (χ4v) is 2.78. The third-order valence-electron chi connectivity index (χ3n) is 3.45. The van der Waals surface area contributed by atoms with Crippen molar-refractivity contribution in [1.29, 1.82) is 0 Å². The number of hydrogen-bond acceptors (Lipinski definition) is 6.